The lowest BCUT2D eigenvalue weighted by atomic mass is 10.0. The van der Waals surface area contributed by atoms with Gasteiger partial charge in [-0.15, -0.1) is 0 Å². The Balaban J connectivity index is 2.18. The molecule has 0 aromatic carbocycles. The number of nitrogens with zero attached hydrogens (tertiary/aromatic N) is 2. The first-order valence-electron chi connectivity index (χ1n) is 7.44. The number of amides is 1. The maximum absolute atomic E-state index is 12.3. The number of aromatic nitrogens is 3. The highest BCUT2D eigenvalue weighted by atomic mass is 16.2. The lowest BCUT2D eigenvalue weighted by molar-refractivity contribution is 0.0947. The zero-order valence-corrected chi connectivity index (χ0v) is 13.5. The summed E-state index contributed by atoms with van der Waals surface area (Å²) < 4.78 is 2.00. The highest BCUT2D eigenvalue weighted by molar-refractivity contribution is 5.95. The van der Waals surface area contributed by atoms with Gasteiger partial charge in [-0.05, 0) is 38.3 Å². The molecule has 0 saturated carbocycles. The Bertz CT molecular complexity index is 743. The van der Waals surface area contributed by atoms with E-state index >= 15 is 0 Å². The number of rotatable bonds is 5. The van der Waals surface area contributed by atoms with Crippen LogP contribution in [-0.4, -0.2) is 20.4 Å². The van der Waals surface area contributed by atoms with E-state index in [1.807, 2.05) is 24.6 Å². The monoisotopic (exact) mass is 302 g/mol. The van der Waals surface area contributed by atoms with E-state index in [0.29, 0.717) is 6.54 Å². The van der Waals surface area contributed by atoms with Crippen molar-refractivity contribution < 1.29 is 4.79 Å². The number of imidazole rings is 1. The Kier molecular flexibility index (Phi) is 4.80. The molecule has 2 aromatic rings. The van der Waals surface area contributed by atoms with E-state index in [4.69, 9.17) is 0 Å². The zero-order chi connectivity index (χ0) is 16.3. The Morgan fingerprint density at radius 2 is 2.05 bits per heavy atom. The minimum atomic E-state index is -0.368. The summed E-state index contributed by atoms with van der Waals surface area (Å²) in [7, 11) is 0. The lowest BCUT2D eigenvalue weighted by Gasteiger charge is -2.11. The van der Waals surface area contributed by atoms with Crippen molar-refractivity contribution in [1.82, 2.24) is 19.9 Å². The summed E-state index contributed by atoms with van der Waals surface area (Å²) in [5, 5.41) is 2.79. The number of hydrogen-bond donors (Lipinski definition) is 2. The van der Waals surface area contributed by atoms with Gasteiger partial charge in [0, 0.05) is 24.6 Å². The third kappa shape index (κ3) is 3.10. The van der Waals surface area contributed by atoms with Crippen LogP contribution in [0.4, 0.5) is 0 Å². The number of carbonyl (C=O) groups is 1. The van der Waals surface area contributed by atoms with Gasteiger partial charge in [0.25, 0.3) is 11.5 Å². The van der Waals surface area contributed by atoms with Gasteiger partial charge in [0.1, 0.15) is 11.4 Å². The largest absolute Gasteiger partial charge is 0.345 e. The number of hydrogen-bond acceptors (Lipinski definition) is 3. The minimum absolute atomic E-state index is 0.177. The summed E-state index contributed by atoms with van der Waals surface area (Å²) in [4.78, 5) is 31.3. The van der Waals surface area contributed by atoms with E-state index in [9.17, 15) is 9.59 Å². The Morgan fingerprint density at radius 1 is 1.32 bits per heavy atom. The van der Waals surface area contributed by atoms with E-state index in [2.05, 4.69) is 22.2 Å². The first-order chi connectivity index (χ1) is 10.5. The predicted octanol–water partition coefficient (Wildman–Crippen LogP) is 1.84. The molecule has 0 fully saturated rings. The zero-order valence-electron chi connectivity index (χ0n) is 13.5. The lowest BCUT2D eigenvalue weighted by Crippen LogP contribution is -2.32. The first kappa shape index (κ1) is 16.0. The summed E-state index contributed by atoms with van der Waals surface area (Å²) >= 11 is 0. The second-order valence-corrected chi connectivity index (χ2v) is 5.42. The molecule has 0 bridgehead atoms. The molecule has 1 amide bonds. The predicted molar refractivity (Wildman–Crippen MR) is 85.0 cm³/mol. The van der Waals surface area contributed by atoms with E-state index in [1.165, 1.54) is 0 Å². The van der Waals surface area contributed by atoms with Gasteiger partial charge >= 0.3 is 0 Å². The number of H-pyrrole nitrogens is 1. The highest BCUT2D eigenvalue weighted by Gasteiger charge is 2.17. The molecule has 0 spiro atoms. The van der Waals surface area contributed by atoms with Crippen LogP contribution >= 0.6 is 0 Å². The van der Waals surface area contributed by atoms with Gasteiger partial charge in [-0.25, -0.2) is 4.98 Å². The maximum Gasteiger partial charge on any atom is 0.261 e. The number of aromatic amines is 1. The molecule has 2 heterocycles. The van der Waals surface area contributed by atoms with Gasteiger partial charge < -0.3 is 14.9 Å². The average Bonchev–Trinajstić information content (AvgIpc) is 2.90. The number of aryl methyl sites for hydroxylation is 2. The molecular formula is C16H22N4O2. The Labute approximate surface area is 129 Å². The van der Waals surface area contributed by atoms with Crippen molar-refractivity contribution >= 4 is 5.91 Å². The van der Waals surface area contributed by atoms with Crippen molar-refractivity contribution in [2.24, 2.45) is 0 Å². The number of nitrogens with one attached hydrogen (secondary N) is 2. The van der Waals surface area contributed by atoms with Crippen LogP contribution in [0, 0.1) is 20.8 Å². The van der Waals surface area contributed by atoms with E-state index in [0.717, 1.165) is 35.6 Å². The van der Waals surface area contributed by atoms with Crippen molar-refractivity contribution in [3.8, 4) is 0 Å². The third-order valence-corrected chi connectivity index (χ3v) is 3.93. The fourth-order valence-electron chi connectivity index (χ4n) is 2.44. The van der Waals surface area contributed by atoms with Gasteiger partial charge in [-0.2, -0.15) is 0 Å². The molecule has 2 rings (SSSR count). The molecule has 6 heteroatoms. The fourth-order valence-corrected chi connectivity index (χ4v) is 2.44. The van der Waals surface area contributed by atoms with E-state index in [1.54, 1.807) is 13.1 Å². The molecule has 6 nitrogen and oxygen atoms in total. The molecule has 2 N–H and O–H groups in total. The molecule has 0 unspecified atom stereocenters. The van der Waals surface area contributed by atoms with Gasteiger partial charge in [0.2, 0.25) is 0 Å². The molecule has 0 saturated heterocycles. The summed E-state index contributed by atoms with van der Waals surface area (Å²) in [6, 6.07) is 0. The van der Waals surface area contributed by atoms with Crippen LogP contribution in [0.2, 0.25) is 0 Å². The van der Waals surface area contributed by atoms with Crippen molar-refractivity contribution in [3.63, 3.8) is 0 Å². The maximum atomic E-state index is 12.3. The highest BCUT2D eigenvalue weighted by Crippen LogP contribution is 2.11. The first-order valence-corrected chi connectivity index (χ1v) is 7.44. The fraction of sp³-hybridized carbons (Fsp3) is 0.438. The second-order valence-electron chi connectivity index (χ2n) is 5.42. The Morgan fingerprint density at radius 3 is 2.73 bits per heavy atom. The average molecular weight is 302 g/mol. The standard InChI is InChI=1S/C16H22N4O2/c1-5-7-20-8-6-17-13(20)9-18-15(21)14-11(3)10(2)12(4)19-16(14)22/h6,8H,5,7,9H2,1-4H3,(H,18,21)(H,19,22). The summed E-state index contributed by atoms with van der Waals surface area (Å²) in [6.07, 6.45) is 4.59. The van der Waals surface area contributed by atoms with E-state index < -0.39 is 0 Å². The molecule has 0 radical (unpaired) electrons. The van der Waals surface area contributed by atoms with Crippen LogP contribution in [-0.2, 0) is 13.1 Å². The minimum Gasteiger partial charge on any atom is -0.345 e. The summed E-state index contributed by atoms with van der Waals surface area (Å²) in [5.74, 6) is 0.418. The molecular weight excluding hydrogens is 280 g/mol. The SMILES string of the molecule is CCCn1ccnc1CNC(=O)c1c(C)c(C)c(C)[nH]c1=O. The van der Waals surface area contributed by atoms with Crippen molar-refractivity contribution in [2.45, 2.75) is 47.2 Å². The molecule has 22 heavy (non-hydrogen) atoms. The Hall–Kier alpha value is -2.37. The number of pyridine rings is 1. The molecule has 0 atom stereocenters. The molecule has 118 valence electrons. The molecule has 0 aliphatic carbocycles. The number of carbonyl (C=O) groups excluding carboxylic acids is 1. The van der Waals surface area contributed by atoms with Crippen LogP contribution in [0.15, 0.2) is 17.2 Å². The smallest absolute Gasteiger partial charge is 0.261 e. The van der Waals surface area contributed by atoms with Crippen molar-refractivity contribution in [2.75, 3.05) is 0 Å². The topological polar surface area (TPSA) is 79.8 Å². The van der Waals surface area contributed by atoms with Crippen molar-refractivity contribution in [3.05, 3.63) is 51.0 Å². The van der Waals surface area contributed by atoms with Gasteiger partial charge in [-0.3, -0.25) is 9.59 Å². The van der Waals surface area contributed by atoms with Crippen LogP contribution in [0.3, 0.4) is 0 Å². The summed E-state index contributed by atoms with van der Waals surface area (Å²) in [5.41, 5.74) is 2.26. The van der Waals surface area contributed by atoms with Gasteiger partial charge in [-0.1, -0.05) is 6.92 Å². The molecule has 2 aromatic heterocycles. The molecule has 0 aliphatic rings. The van der Waals surface area contributed by atoms with Gasteiger partial charge in [0.05, 0.1) is 6.54 Å². The third-order valence-electron chi connectivity index (χ3n) is 3.93. The van der Waals surface area contributed by atoms with Gasteiger partial charge in [0.15, 0.2) is 0 Å². The van der Waals surface area contributed by atoms with Crippen LogP contribution in [0.5, 0.6) is 0 Å². The van der Waals surface area contributed by atoms with Crippen LogP contribution in [0.1, 0.15) is 46.3 Å². The van der Waals surface area contributed by atoms with E-state index in [-0.39, 0.29) is 17.0 Å². The quantitative estimate of drug-likeness (QED) is 0.884. The molecule has 0 aliphatic heterocycles. The summed E-state index contributed by atoms with van der Waals surface area (Å²) in [6.45, 7) is 8.76. The van der Waals surface area contributed by atoms with Crippen LogP contribution in [0.25, 0.3) is 0 Å². The van der Waals surface area contributed by atoms with Crippen molar-refractivity contribution in [1.29, 1.82) is 0 Å². The van der Waals surface area contributed by atoms with Crippen LogP contribution < -0.4 is 10.9 Å². The normalized spacial score (nSPS) is 10.7. The second kappa shape index (κ2) is 6.60.